The van der Waals surface area contributed by atoms with Crippen LogP contribution in [0.15, 0.2) is 84.9 Å². The molecule has 0 saturated heterocycles. The van der Waals surface area contributed by atoms with Crippen LogP contribution in [-0.4, -0.2) is 6.18 Å². The zero-order chi connectivity index (χ0) is 18.2. The summed E-state index contributed by atoms with van der Waals surface area (Å²) in [6.45, 7) is 0.138. The van der Waals surface area contributed by atoms with E-state index in [-0.39, 0.29) is 12.1 Å². The van der Waals surface area contributed by atoms with Crippen LogP contribution in [0, 0.1) is 0 Å². The van der Waals surface area contributed by atoms with E-state index < -0.39 is 11.8 Å². The third-order valence-electron chi connectivity index (χ3n) is 4.70. The molecule has 1 aliphatic heterocycles. The lowest BCUT2D eigenvalue weighted by molar-refractivity contribution is -0.181. The highest BCUT2D eigenvalue weighted by atomic mass is 19.4. The molecule has 0 fully saturated rings. The first-order valence-electron chi connectivity index (χ1n) is 8.33. The third-order valence-corrected chi connectivity index (χ3v) is 4.70. The number of anilines is 2. The van der Waals surface area contributed by atoms with Crippen LogP contribution in [0.1, 0.15) is 11.1 Å². The summed E-state index contributed by atoms with van der Waals surface area (Å²) in [5.41, 5.74) is -0.314. The SMILES string of the molecule is FC(F)(F)C1(c2ccccc2)Nc2ccccc2N1Cc1ccccc1. The molecule has 0 aliphatic carbocycles. The quantitative estimate of drug-likeness (QED) is 0.665. The van der Waals surface area contributed by atoms with Gasteiger partial charge in [-0.1, -0.05) is 72.8 Å². The van der Waals surface area contributed by atoms with Crippen LogP contribution < -0.4 is 10.2 Å². The van der Waals surface area contributed by atoms with Crippen molar-refractivity contribution in [3.63, 3.8) is 0 Å². The van der Waals surface area contributed by atoms with Gasteiger partial charge in [0, 0.05) is 12.1 Å². The molecule has 1 aliphatic rings. The van der Waals surface area contributed by atoms with E-state index in [0.29, 0.717) is 11.4 Å². The van der Waals surface area contributed by atoms with Crippen LogP contribution in [-0.2, 0) is 12.2 Å². The molecule has 0 aromatic heterocycles. The lowest BCUT2D eigenvalue weighted by Gasteiger charge is -2.41. The minimum atomic E-state index is -4.53. The van der Waals surface area contributed by atoms with Crippen LogP contribution in [0.3, 0.4) is 0 Å². The van der Waals surface area contributed by atoms with Gasteiger partial charge in [0.1, 0.15) is 0 Å². The van der Waals surface area contributed by atoms with Gasteiger partial charge in [0.2, 0.25) is 5.66 Å². The van der Waals surface area contributed by atoms with Crippen molar-refractivity contribution in [3.8, 4) is 0 Å². The smallest absolute Gasteiger partial charge is 0.350 e. The van der Waals surface area contributed by atoms with E-state index in [4.69, 9.17) is 0 Å². The Morgan fingerprint density at radius 1 is 0.769 bits per heavy atom. The van der Waals surface area contributed by atoms with Gasteiger partial charge in [0.15, 0.2) is 0 Å². The number of para-hydroxylation sites is 2. The molecule has 4 rings (SSSR count). The summed E-state index contributed by atoms with van der Waals surface area (Å²) in [6, 6.07) is 24.1. The van der Waals surface area contributed by atoms with Crippen LogP contribution in [0.2, 0.25) is 0 Å². The Labute approximate surface area is 149 Å². The van der Waals surface area contributed by atoms with Crippen molar-refractivity contribution in [2.45, 2.75) is 18.4 Å². The summed E-state index contributed by atoms with van der Waals surface area (Å²) in [7, 11) is 0. The topological polar surface area (TPSA) is 15.3 Å². The van der Waals surface area contributed by atoms with Crippen LogP contribution in [0.5, 0.6) is 0 Å². The highest BCUT2D eigenvalue weighted by molar-refractivity contribution is 5.79. The van der Waals surface area contributed by atoms with Crippen molar-refractivity contribution in [1.82, 2.24) is 0 Å². The van der Waals surface area contributed by atoms with E-state index in [1.54, 1.807) is 42.5 Å². The molecule has 0 amide bonds. The second-order valence-electron chi connectivity index (χ2n) is 6.29. The van der Waals surface area contributed by atoms with Crippen LogP contribution in [0.25, 0.3) is 0 Å². The lowest BCUT2D eigenvalue weighted by Crippen LogP contribution is -2.58. The fourth-order valence-corrected chi connectivity index (χ4v) is 3.52. The first-order valence-corrected chi connectivity index (χ1v) is 8.33. The van der Waals surface area contributed by atoms with E-state index in [1.165, 1.54) is 17.0 Å². The Morgan fingerprint density at radius 2 is 1.35 bits per heavy atom. The Balaban J connectivity index is 1.92. The van der Waals surface area contributed by atoms with Gasteiger partial charge in [-0.25, -0.2) is 0 Å². The van der Waals surface area contributed by atoms with Gasteiger partial charge < -0.3 is 10.2 Å². The molecule has 1 atom stereocenters. The number of nitrogens with zero attached hydrogens (tertiary/aromatic N) is 1. The summed E-state index contributed by atoms with van der Waals surface area (Å²) in [5.74, 6) is 0. The van der Waals surface area contributed by atoms with Crippen molar-refractivity contribution in [1.29, 1.82) is 0 Å². The van der Waals surface area contributed by atoms with Gasteiger partial charge in [0.25, 0.3) is 0 Å². The zero-order valence-electron chi connectivity index (χ0n) is 13.9. The largest absolute Gasteiger partial charge is 0.435 e. The lowest BCUT2D eigenvalue weighted by atomic mass is 9.96. The highest BCUT2D eigenvalue weighted by Crippen LogP contribution is 2.53. The summed E-state index contributed by atoms with van der Waals surface area (Å²) in [4.78, 5) is 1.41. The van der Waals surface area contributed by atoms with Gasteiger partial charge in [-0.2, -0.15) is 13.2 Å². The zero-order valence-corrected chi connectivity index (χ0v) is 13.9. The molecule has 132 valence electrons. The summed E-state index contributed by atoms with van der Waals surface area (Å²) in [6.07, 6.45) is -4.53. The van der Waals surface area contributed by atoms with Gasteiger partial charge in [-0.3, -0.25) is 0 Å². The molecule has 2 nitrogen and oxygen atoms in total. The molecular weight excluding hydrogens is 337 g/mol. The minimum Gasteiger partial charge on any atom is -0.350 e. The molecule has 1 heterocycles. The van der Waals surface area contributed by atoms with Crippen LogP contribution >= 0.6 is 0 Å². The first kappa shape index (κ1) is 16.5. The average Bonchev–Trinajstić information content (AvgIpc) is 2.99. The average molecular weight is 354 g/mol. The van der Waals surface area contributed by atoms with Crippen molar-refractivity contribution in [3.05, 3.63) is 96.1 Å². The second-order valence-corrected chi connectivity index (χ2v) is 6.29. The van der Waals surface area contributed by atoms with Gasteiger partial charge in [-0.05, 0) is 17.7 Å². The van der Waals surface area contributed by atoms with Crippen molar-refractivity contribution < 1.29 is 13.2 Å². The highest BCUT2D eigenvalue weighted by Gasteiger charge is 2.63. The molecule has 5 heteroatoms. The fourth-order valence-electron chi connectivity index (χ4n) is 3.52. The monoisotopic (exact) mass is 354 g/mol. The number of alkyl halides is 3. The Morgan fingerprint density at radius 3 is 2.00 bits per heavy atom. The fraction of sp³-hybridized carbons (Fsp3) is 0.143. The first-order chi connectivity index (χ1) is 12.5. The maximum absolute atomic E-state index is 14.5. The minimum absolute atomic E-state index is 0.138. The van der Waals surface area contributed by atoms with Crippen molar-refractivity contribution in [2.75, 3.05) is 10.2 Å². The maximum atomic E-state index is 14.5. The molecule has 0 radical (unpaired) electrons. The van der Waals surface area contributed by atoms with Gasteiger partial charge in [0.05, 0.1) is 11.4 Å². The van der Waals surface area contributed by atoms with Crippen molar-refractivity contribution >= 4 is 11.4 Å². The Bertz CT molecular complexity index is 894. The molecule has 3 aromatic rings. The maximum Gasteiger partial charge on any atom is 0.435 e. The summed E-state index contributed by atoms with van der Waals surface area (Å²) in [5, 5.41) is 2.78. The van der Waals surface area contributed by atoms with Gasteiger partial charge >= 0.3 is 6.18 Å². The van der Waals surface area contributed by atoms with Crippen LogP contribution in [0.4, 0.5) is 24.5 Å². The standard InChI is InChI=1S/C21H17F3N2/c22-21(23,24)20(17-11-5-2-6-12-17)25-18-13-7-8-14-19(18)26(20)15-16-9-3-1-4-10-16/h1-14,25H,15H2. The second kappa shape index (κ2) is 6.09. The Kier molecular flexibility index (Phi) is 3.87. The summed E-state index contributed by atoms with van der Waals surface area (Å²) >= 11 is 0. The number of rotatable bonds is 3. The molecule has 26 heavy (non-hydrogen) atoms. The number of nitrogens with one attached hydrogen (secondary N) is 1. The predicted octanol–water partition coefficient (Wildman–Crippen LogP) is 5.53. The Hall–Kier alpha value is -2.95. The molecule has 1 N–H and O–H groups in total. The number of hydrogen-bond acceptors (Lipinski definition) is 2. The molecule has 0 saturated carbocycles. The van der Waals surface area contributed by atoms with E-state index in [2.05, 4.69) is 5.32 Å². The molecule has 3 aromatic carbocycles. The molecule has 1 unspecified atom stereocenters. The number of halogens is 3. The van der Waals surface area contributed by atoms with Crippen molar-refractivity contribution in [2.24, 2.45) is 0 Å². The normalized spacial score (nSPS) is 19.1. The predicted molar refractivity (Wildman–Crippen MR) is 96.9 cm³/mol. The van der Waals surface area contributed by atoms with E-state index in [1.807, 2.05) is 30.3 Å². The van der Waals surface area contributed by atoms with E-state index in [9.17, 15) is 13.2 Å². The summed E-state index contributed by atoms with van der Waals surface area (Å²) < 4.78 is 43.5. The van der Waals surface area contributed by atoms with E-state index in [0.717, 1.165) is 5.56 Å². The molecular formula is C21H17F3N2. The van der Waals surface area contributed by atoms with E-state index >= 15 is 0 Å². The molecule has 0 bridgehead atoms. The third kappa shape index (κ3) is 2.51. The molecule has 0 spiro atoms. The number of fused-ring (bicyclic) bond motifs is 1. The number of hydrogen-bond donors (Lipinski definition) is 1. The number of benzene rings is 3. The van der Waals surface area contributed by atoms with Gasteiger partial charge in [-0.15, -0.1) is 0 Å².